The third-order valence-corrected chi connectivity index (χ3v) is 5.64. The lowest BCUT2D eigenvalue weighted by Crippen LogP contribution is -2.25. The summed E-state index contributed by atoms with van der Waals surface area (Å²) < 4.78 is 3.40. The van der Waals surface area contributed by atoms with Gasteiger partial charge in [0.25, 0.3) is 0 Å². The van der Waals surface area contributed by atoms with Gasteiger partial charge in [0.1, 0.15) is 5.82 Å². The van der Waals surface area contributed by atoms with E-state index < -0.39 is 0 Å². The second-order valence-corrected chi connectivity index (χ2v) is 7.65. The molecule has 2 N–H and O–H groups in total. The maximum absolute atomic E-state index is 12.7. The number of H-pyrrole nitrogens is 1. The number of hydrogen-bond acceptors (Lipinski definition) is 3. The van der Waals surface area contributed by atoms with Crippen molar-refractivity contribution in [2.24, 2.45) is 0 Å². The number of rotatable bonds is 6. The van der Waals surface area contributed by atoms with Crippen molar-refractivity contribution in [3.8, 4) is 11.4 Å². The van der Waals surface area contributed by atoms with Crippen molar-refractivity contribution >= 4 is 33.7 Å². The van der Waals surface area contributed by atoms with Gasteiger partial charge in [-0.15, -0.1) is 0 Å². The number of nitrogens with one attached hydrogen (secondary N) is 2. The summed E-state index contributed by atoms with van der Waals surface area (Å²) in [6.45, 7) is 2.87. The van der Waals surface area contributed by atoms with Crippen molar-refractivity contribution in [2.45, 2.75) is 26.4 Å². The summed E-state index contributed by atoms with van der Waals surface area (Å²) in [5.74, 6) is 0.650. The fourth-order valence-electron chi connectivity index (χ4n) is 4.03. The number of carbonyl (C=O) groups is 1. The first-order valence-electron chi connectivity index (χ1n) is 10.7. The highest BCUT2D eigenvalue weighted by Gasteiger charge is 2.13. The summed E-state index contributed by atoms with van der Waals surface area (Å²) in [6, 6.07) is 23.1. The number of aromatic amines is 1. The molecule has 0 aliphatic heterocycles. The van der Waals surface area contributed by atoms with E-state index in [1.165, 1.54) is 0 Å². The second kappa shape index (κ2) is 8.19. The van der Waals surface area contributed by atoms with Gasteiger partial charge in [0.2, 0.25) is 5.91 Å². The molecule has 2 heterocycles. The van der Waals surface area contributed by atoms with Crippen LogP contribution in [0.4, 0.5) is 5.69 Å². The molecule has 7 nitrogen and oxygen atoms in total. The SMILES string of the molecule is CCn1c(=O)n(CCC(=O)Nc2ccc(-c3nc4ccccc4[nH]3)cc2)c2ccccc21. The molecule has 1 amide bonds. The zero-order valence-corrected chi connectivity index (χ0v) is 17.7. The highest BCUT2D eigenvalue weighted by molar-refractivity contribution is 5.91. The molecule has 5 aromatic rings. The molecule has 3 aromatic carbocycles. The van der Waals surface area contributed by atoms with Gasteiger partial charge in [-0.1, -0.05) is 24.3 Å². The summed E-state index contributed by atoms with van der Waals surface area (Å²) in [6.07, 6.45) is 0.211. The van der Waals surface area contributed by atoms with Gasteiger partial charge in [-0.2, -0.15) is 0 Å². The number of anilines is 1. The van der Waals surface area contributed by atoms with Crippen LogP contribution >= 0.6 is 0 Å². The minimum absolute atomic E-state index is 0.0864. The molecular weight excluding hydrogens is 402 g/mol. The van der Waals surface area contributed by atoms with Gasteiger partial charge < -0.3 is 10.3 Å². The molecule has 0 atom stereocenters. The molecule has 2 aromatic heterocycles. The van der Waals surface area contributed by atoms with Crippen molar-refractivity contribution in [3.05, 3.63) is 83.3 Å². The van der Waals surface area contributed by atoms with Crippen LogP contribution in [0.5, 0.6) is 0 Å². The number of aromatic nitrogens is 4. The molecule has 5 rings (SSSR count). The van der Waals surface area contributed by atoms with Gasteiger partial charge in [-0.3, -0.25) is 13.9 Å². The Bertz CT molecular complexity index is 1440. The molecule has 0 saturated carbocycles. The maximum atomic E-state index is 12.7. The van der Waals surface area contributed by atoms with Crippen LogP contribution in [0.3, 0.4) is 0 Å². The maximum Gasteiger partial charge on any atom is 0.329 e. The monoisotopic (exact) mass is 425 g/mol. The van der Waals surface area contributed by atoms with E-state index in [4.69, 9.17) is 0 Å². The number of para-hydroxylation sites is 4. The van der Waals surface area contributed by atoms with E-state index >= 15 is 0 Å². The van der Waals surface area contributed by atoms with Crippen LogP contribution in [0.2, 0.25) is 0 Å². The molecule has 0 radical (unpaired) electrons. The number of nitrogens with zero attached hydrogens (tertiary/aromatic N) is 3. The lowest BCUT2D eigenvalue weighted by Gasteiger charge is -2.07. The van der Waals surface area contributed by atoms with E-state index in [1.807, 2.05) is 79.7 Å². The van der Waals surface area contributed by atoms with E-state index in [0.717, 1.165) is 33.5 Å². The normalized spacial score (nSPS) is 11.3. The number of aryl methyl sites for hydroxylation is 2. The summed E-state index contributed by atoms with van der Waals surface area (Å²) in [5, 5.41) is 2.91. The van der Waals surface area contributed by atoms with Crippen molar-refractivity contribution in [3.63, 3.8) is 0 Å². The summed E-state index contributed by atoms with van der Waals surface area (Å²) in [5.41, 5.74) is 5.20. The van der Waals surface area contributed by atoms with E-state index in [2.05, 4.69) is 15.3 Å². The van der Waals surface area contributed by atoms with E-state index in [-0.39, 0.29) is 18.0 Å². The molecule has 0 aliphatic rings. The second-order valence-electron chi connectivity index (χ2n) is 7.65. The predicted octanol–water partition coefficient (Wildman–Crippen LogP) is 4.40. The minimum atomic E-state index is -0.137. The molecule has 0 spiro atoms. The highest BCUT2D eigenvalue weighted by atomic mass is 16.2. The Hall–Kier alpha value is -4.13. The molecule has 0 bridgehead atoms. The number of imidazole rings is 2. The van der Waals surface area contributed by atoms with Crippen LogP contribution in [0.1, 0.15) is 13.3 Å². The molecule has 32 heavy (non-hydrogen) atoms. The Kier molecular flexibility index (Phi) is 5.07. The van der Waals surface area contributed by atoms with Crippen LogP contribution in [0.25, 0.3) is 33.5 Å². The summed E-state index contributed by atoms with van der Waals surface area (Å²) in [7, 11) is 0. The van der Waals surface area contributed by atoms with Crippen LogP contribution in [-0.4, -0.2) is 25.0 Å². The third kappa shape index (κ3) is 3.58. The first kappa shape index (κ1) is 19.8. The van der Waals surface area contributed by atoms with E-state index in [0.29, 0.717) is 18.8 Å². The lowest BCUT2D eigenvalue weighted by molar-refractivity contribution is -0.116. The standard InChI is InChI=1S/C25H23N5O2/c1-2-29-21-9-5-6-10-22(21)30(25(29)32)16-15-23(31)26-18-13-11-17(12-14-18)24-27-19-7-3-4-8-20(19)28-24/h3-14H,2,15-16H2,1H3,(H,26,31)(H,27,28). The first-order valence-corrected chi connectivity index (χ1v) is 10.7. The zero-order valence-electron chi connectivity index (χ0n) is 17.7. The van der Waals surface area contributed by atoms with Crippen molar-refractivity contribution in [1.29, 1.82) is 0 Å². The molecule has 0 fully saturated rings. The number of fused-ring (bicyclic) bond motifs is 2. The van der Waals surface area contributed by atoms with Crippen LogP contribution < -0.4 is 11.0 Å². The number of benzene rings is 3. The number of hydrogen-bond donors (Lipinski definition) is 2. The van der Waals surface area contributed by atoms with Crippen LogP contribution in [0.15, 0.2) is 77.6 Å². The largest absolute Gasteiger partial charge is 0.338 e. The van der Waals surface area contributed by atoms with Gasteiger partial charge >= 0.3 is 5.69 Å². The van der Waals surface area contributed by atoms with Gasteiger partial charge in [0, 0.05) is 30.8 Å². The Balaban J connectivity index is 1.27. The molecule has 0 unspecified atom stereocenters. The quantitative estimate of drug-likeness (QED) is 0.423. The fraction of sp³-hybridized carbons (Fsp3) is 0.160. The van der Waals surface area contributed by atoms with Crippen LogP contribution in [0, 0.1) is 0 Å². The van der Waals surface area contributed by atoms with Gasteiger partial charge in [0.15, 0.2) is 0 Å². The van der Waals surface area contributed by atoms with Crippen LogP contribution in [-0.2, 0) is 17.9 Å². The molecular formula is C25H23N5O2. The van der Waals surface area contributed by atoms with Gasteiger partial charge in [-0.25, -0.2) is 9.78 Å². The average molecular weight is 425 g/mol. The van der Waals surface area contributed by atoms with E-state index in [9.17, 15) is 9.59 Å². The van der Waals surface area contributed by atoms with Crippen molar-refractivity contribution in [2.75, 3.05) is 5.32 Å². The van der Waals surface area contributed by atoms with Crippen molar-refractivity contribution < 1.29 is 4.79 Å². The molecule has 0 saturated heterocycles. The Morgan fingerprint density at radius 2 is 1.62 bits per heavy atom. The average Bonchev–Trinajstić information content (AvgIpc) is 3.36. The predicted molar refractivity (Wildman–Crippen MR) is 127 cm³/mol. The minimum Gasteiger partial charge on any atom is -0.338 e. The molecule has 0 aliphatic carbocycles. The van der Waals surface area contributed by atoms with Gasteiger partial charge in [0.05, 0.1) is 22.1 Å². The Labute approximate surface area is 184 Å². The third-order valence-electron chi connectivity index (χ3n) is 5.64. The summed E-state index contributed by atoms with van der Waals surface area (Å²) >= 11 is 0. The fourth-order valence-corrected chi connectivity index (χ4v) is 4.03. The van der Waals surface area contributed by atoms with Crippen molar-refractivity contribution in [1.82, 2.24) is 19.1 Å². The summed E-state index contributed by atoms with van der Waals surface area (Å²) in [4.78, 5) is 33.1. The first-order chi connectivity index (χ1) is 15.6. The number of amides is 1. The van der Waals surface area contributed by atoms with E-state index in [1.54, 1.807) is 9.13 Å². The molecule has 160 valence electrons. The Morgan fingerprint density at radius 3 is 2.34 bits per heavy atom. The number of carbonyl (C=O) groups excluding carboxylic acids is 1. The lowest BCUT2D eigenvalue weighted by atomic mass is 10.2. The zero-order chi connectivity index (χ0) is 22.1. The smallest absolute Gasteiger partial charge is 0.329 e. The Morgan fingerprint density at radius 1 is 0.938 bits per heavy atom. The van der Waals surface area contributed by atoms with Gasteiger partial charge in [-0.05, 0) is 55.5 Å². The molecule has 7 heteroatoms. The topological polar surface area (TPSA) is 84.7 Å². The highest BCUT2D eigenvalue weighted by Crippen LogP contribution is 2.22.